The van der Waals surface area contributed by atoms with Gasteiger partial charge < -0.3 is 9.80 Å². The zero-order valence-corrected chi connectivity index (χ0v) is 48.4. The molecule has 0 saturated heterocycles. The summed E-state index contributed by atoms with van der Waals surface area (Å²) >= 11 is 0. The highest BCUT2D eigenvalue weighted by Crippen LogP contribution is 2.69. The molecule has 0 saturated carbocycles. The number of anilines is 6. The van der Waals surface area contributed by atoms with Crippen molar-refractivity contribution in [2.24, 2.45) is 0 Å². The predicted molar refractivity (Wildman–Crippen MR) is 366 cm³/mol. The van der Waals surface area contributed by atoms with Crippen molar-refractivity contribution in [1.82, 2.24) is 0 Å². The molecular formula is C86H58N2. The molecule has 14 aromatic carbocycles. The molecular weight excluding hydrogens is 1060 g/mol. The molecule has 88 heavy (non-hydrogen) atoms. The lowest BCUT2D eigenvalue weighted by Gasteiger charge is -2.49. The molecule has 0 amide bonds. The van der Waals surface area contributed by atoms with Crippen LogP contribution in [0.5, 0.6) is 0 Å². The first-order valence-electron chi connectivity index (χ1n) is 30.6. The van der Waals surface area contributed by atoms with Gasteiger partial charge in [0.2, 0.25) is 0 Å². The number of hydrogen-bond acceptors (Lipinski definition) is 2. The van der Waals surface area contributed by atoms with E-state index in [2.05, 4.69) is 362 Å². The van der Waals surface area contributed by atoms with Crippen LogP contribution < -0.4 is 9.80 Å². The monoisotopic (exact) mass is 1120 g/mol. The summed E-state index contributed by atoms with van der Waals surface area (Å²) < 4.78 is 0. The highest BCUT2D eigenvalue weighted by molar-refractivity contribution is 6.02. The lowest BCUT2D eigenvalue weighted by atomic mass is 9.52. The summed E-state index contributed by atoms with van der Waals surface area (Å²) in [5, 5.41) is 0. The van der Waals surface area contributed by atoms with Crippen molar-refractivity contribution < 1.29 is 0 Å². The average Bonchev–Trinajstić information content (AvgIpc) is 1.43. The van der Waals surface area contributed by atoms with E-state index >= 15 is 0 Å². The van der Waals surface area contributed by atoms with Crippen LogP contribution in [0, 0.1) is 0 Å². The molecule has 2 nitrogen and oxygen atoms in total. The molecule has 0 aromatic heterocycles. The maximum absolute atomic E-state index is 2.49. The Morgan fingerprint density at radius 3 is 0.648 bits per heavy atom. The normalized spacial score (nSPS) is 15.4. The van der Waals surface area contributed by atoms with Crippen LogP contribution in [0.25, 0.3) is 66.8 Å². The van der Waals surface area contributed by atoms with E-state index in [-0.39, 0.29) is 0 Å². The second-order valence-corrected chi connectivity index (χ2v) is 23.4. The van der Waals surface area contributed by atoms with Crippen LogP contribution in [0.15, 0.2) is 352 Å². The molecule has 0 fully saturated rings. The zero-order chi connectivity index (χ0) is 58.2. The zero-order valence-electron chi connectivity index (χ0n) is 48.4. The van der Waals surface area contributed by atoms with E-state index in [1.54, 1.807) is 0 Å². The Hall–Kier alpha value is -11.3. The van der Waals surface area contributed by atoms with Crippen molar-refractivity contribution in [3.05, 3.63) is 396 Å². The molecule has 2 spiro atoms. The van der Waals surface area contributed by atoms with Gasteiger partial charge in [-0.1, -0.05) is 291 Å². The van der Waals surface area contributed by atoms with Crippen LogP contribution in [0.2, 0.25) is 0 Å². The Labute approximate surface area is 514 Å². The summed E-state index contributed by atoms with van der Waals surface area (Å²) in [4.78, 5) is 4.98. The van der Waals surface area contributed by atoms with Gasteiger partial charge in [-0.25, -0.2) is 0 Å². The minimum Gasteiger partial charge on any atom is -0.310 e. The van der Waals surface area contributed by atoms with Crippen LogP contribution in [-0.4, -0.2) is 0 Å². The van der Waals surface area contributed by atoms with Crippen molar-refractivity contribution in [3.8, 4) is 66.8 Å². The molecule has 17 rings (SSSR count). The SMILES string of the molecule is c1ccc(-c2ccc(N(c3ccc(-c4ccccc4)cc3)c3cccc4c3-c3ccccc3C43c4ccccc4C4(c5ccccc5-c5c(N(c6ccc(-c7ccccc7)cc6)c6ccc(-c7ccccc7)cc6)cccc54)c4ccccc43)cc2)cc1. The maximum Gasteiger partial charge on any atom is 0.0720 e. The van der Waals surface area contributed by atoms with Gasteiger partial charge in [-0.05, 0) is 161 Å². The molecule has 0 aliphatic heterocycles. The van der Waals surface area contributed by atoms with E-state index in [9.17, 15) is 0 Å². The van der Waals surface area contributed by atoms with Gasteiger partial charge in [0.05, 0.1) is 22.2 Å². The number of hydrogen-bond donors (Lipinski definition) is 0. The topological polar surface area (TPSA) is 6.48 Å². The van der Waals surface area contributed by atoms with E-state index in [1.165, 1.54) is 111 Å². The highest BCUT2D eigenvalue weighted by Gasteiger charge is 2.59. The second kappa shape index (κ2) is 20.7. The minimum absolute atomic E-state index is 0.692. The summed E-state index contributed by atoms with van der Waals surface area (Å²) in [5.41, 5.74) is 30.0. The van der Waals surface area contributed by atoms with Gasteiger partial charge >= 0.3 is 0 Å². The second-order valence-electron chi connectivity index (χ2n) is 23.4. The smallest absolute Gasteiger partial charge is 0.0720 e. The minimum atomic E-state index is -0.692. The summed E-state index contributed by atoms with van der Waals surface area (Å²) in [7, 11) is 0. The van der Waals surface area contributed by atoms with Gasteiger partial charge in [0.15, 0.2) is 0 Å². The molecule has 0 N–H and O–H groups in total. The van der Waals surface area contributed by atoms with Crippen molar-refractivity contribution in [2.75, 3.05) is 9.80 Å². The fourth-order valence-corrected chi connectivity index (χ4v) is 15.3. The van der Waals surface area contributed by atoms with Crippen molar-refractivity contribution in [3.63, 3.8) is 0 Å². The molecule has 0 bridgehead atoms. The fourth-order valence-electron chi connectivity index (χ4n) is 15.3. The standard InChI is InChI=1S/C86H58N2/c1-5-23-59(24-6-1)63-43-51-67(52-44-63)87(68-53-45-64(46-54-68)60-25-7-2-8-26-60)81-41-21-39-79-83(81)71-31-13-15-33-73(71)85(79)75-35-17-19-37-77(75)86(78-38-20-18-36-76(78)85)74-34-16-14-32-72(74)84-80(86)40-22-42-82(84)88(69-55-47-65(48-56-69)61-27-9-3-10-28-61)70-57-49-66(50-58-70)62-29-11-4-12-30-62/h1-58H. The van der Waals surface area contributed by atoms with Gasteiger partial charge in [-0.2, -0.15) is 0 Å². The van der Waals surface area contributed by atoms with E-state index in [1.807, 2.05) is 0 Å². The largest absolute Gasteiger partial charge is 0.310 e. The van der Waals surface area contributed by atoms with Gasteiger partial charge in [0.1, 0.15) is 0 Å². The quantitative estimate of drug-likeness (QED) is 0.135. The maximum atomic E-state index is 2.49. The first-order chi connectivity index (χ1) is 43.7. The van der Waals surface area contributed by atoms with Gasteiger partial charge in [-0.15, -0.1) is 0 Å². The highest BCUT2D eigenvalue weighted by atomic mass is 15.2. The number of benzene rings is 14. The third-order valence-corrected chi connectivity index (χ3v) is 19.0. The molecule has 2 heteroatoms. The molecule has 412 valence electrons. The number of rotatable bonds is 10. The lowest BCUT2D eigenvalue weighted by molar-refractivity contribution is 0.633. The molecule has 0 heterocycles. The Bertz CT molecular complexity index is 4390. The third kappa shape index (κ3) is 7.75. The summed E-state index contributed by atoms with van der Waals surface area (Å²) in [6.07, 6.45) is 0. The van der Waals surface area contributed by atoms with E-state index in [0.29, 0.717) is 0 Å². The van der Waals surface area contributed by atoms with Crippen LogP contribution in [0.3, 0.4) is 0 Å². The van der Waals surface area contributed by atoms with Crippen LogP contribution in [-0.2, 0) is 10.8 Å². The Balaban J connectivity index is 0.883. The summed E-state index contributed by atoms with van der Waals surface area (Å²) in [5.74, 6) is 0. The van der Waals surface area contributed by atoms with E-state index in [4.69, 9.17) is 0 Å². The third-order valence-electron chi connectivity index (χ3n) is 19.0. The first kappa shape index (κ1) is 51.1. The van der Waals surface area contributed by atoms with Crippen molar-refractivity contribution in [1.29, 1.82) is 0 Å². The van der Waals surface area contributed by atoms with Crippen LogP contribution in [0.1, 0.15) is 44.5 Å². The number of nitrogens with zero attached hydrogens (tertiary/aromatic N) is 2. The van der Waals surface area contributed by atoms with Gasteiger partial charge in [0.25, 0.3) is 0 Å². The van der Waals surface area contributed by atoms with E-state index < -0.39 is 10.8 Å². The lowest BCUT2D eigenvalue weighted by Crippen LogP contribution is -2.43. The molecule has 3 aliphatic rings. The molecule has 0 radical (unpaired) electrons. The fraction of sp³-hybridized carbons (Fsp3) is 0.0233. The summed E-state index contributed by atoms with van der Waals surface area (Å²) in [6.45, 7) is 0. The Morgan fingerprint density at radius 1 is 0.159 bits per heavy atom. The van der Waals surface area contributed by atoms with E-state index in [0.717, 1.165) is 34.1 Å². The number of fused-ring (bicyclic) bond motifs is 16. The molecule has 0 unspecified atom stereocenters. The van der Waals surface area contributed by atoms with Crippen LogP contribution in [0.4, 0.5) is 34.1 Å². The molecule has 3 aliphatic carbocycles. The Morgan fingerprint density at radius 2 is 0.375 bits per heavy atom. The average molecular weight is 1120 g/mol. The van der Waals surface area contributed by atoms with Crippen LogP contribution >= 0.6 is 0 Å². The molecule has 0 atom stereocenters. The summed E-state index contributed by atoms with van der Waals surface area (Å²) in [6, 6.07) is 131. The predicted octanol–water partition coefficient (Wildman–Crippen LogP) is 22.3. The first-order valence-corrected chi connectivity index (χ1v) is 30.6. The van der Waals surface area contributed by atoms with Crippen molar-refractivity contribution in [2.45, 2.75) is 10.8 Å². The molecule has 14 aromatic rings. The van der Waals surface area contributed by atoms with Gasteiger partial charge in [-0.3, -0.25) is 0 Å². The van der Waals surface area contributed by atoms with Crippen molar-refractivity contribution >= 4 is 34.1 Å². The Kier molecular flexibility index (Phi) is 12.0. The van der Waals surface area contributed by atoms with Gasteiger partial charge in [0, 0.05) is 33.9 Å².